The lowest BCUT2D eigenvalue weighted by atomic mass is 10.1. The quantitative estimate of drug-likeness (QED) is 0.856. The Labute approximate surface area is 141 Å². The number of halogens is 1. The summed E-state index contributed by atoms with van der Waals surface area (Å²) < 4.78 is 41.0. The molecule has 1 aromatic heterocycles. The van der Waals surface area contributed by atoms with Crippen LogP contribution in [0.1, 0.15) is 24.2 Å². The maximum atomic E-state index is 13.0. The van der Waals surface area contributed by atoms with E-state index in [9.17, 15) is 12.8 Å². The van der Waals surface area contributed by atoms with Crippen molar-refractivity contribution in [2.45, 2.75) is 26.1 Å². The van der Waals surface area contributed by atoms with Gasteiger partial charge in [-0.05, 0) is 30.7 Å². The third-order valence-electron chi connectivity index (χ3n) is 4.19. The molecule has 0 spiro atoms. The van der Waals surface area contributed by atoms with Gasteiger partial charge in [-0.1, -0.05) is 12.1 Å². The van der Waals surface area contributed by atoms with Crippen LogP contribution in [0, 0.1) is 5.82 Å². The number of sulfonamides is 1. The summed E-state index contributed by atoms with van der Waals surface area (Å²) in [4.78, 5) is 2.22. The number of rotatable bonds is 6. The molecule has 0 amide bonds. The first-order chi connectivity index (χ1) is 11.5. The first kappa shape index (κ1) is 17.1. The Morgan fingerprint density at radius 2 is 2.04 bits per heavy atom. The van der Waals surface area contributed by atoms with Gasteiger partial charge in [-0.25, -0.2) is 17.5 Å². The molecule has 0 aliphatic carbocycles. The SMILES string of the molecule is CCS(=O)(=O)NC[C@@H]1CN(Cc2ccc(F)cc2)Cc2ccnn21. The van der Waals surface area contributed by atoms with Gasteiger partial charge in [0.2, 0.25) is 10.0 Å². The lowest BCUT2D eigenvalue weighted by Gasteiger charge is -2.34. The van der Waals surface area contributed by atoms with Crippen LogP contribution in [0.15, 0.2) is 36.5 Å². The standard InChI is InChI=1S/C16H21FN4O2S/c1-2-24(22,23)19-9-16-12-20(11-15-7-8-18-21(15)16)10-13-3-5-14(17)6-4-13/h3-8,16,19H,2,9-12H2,1H3/t16-/m1/s1. The van der Waals surface area contributed by atoms with E-state index < -0.39 is 10.0 Å². The molecule has 6 nitrogen and oxygen atoms in total. The molecule has 0 radical (unpaired) electrons. The Kier molecular flexibility index (Phi) is 4.98. The van der Waals surface area contributed by atoms with Crippen molar-refractivity contribution >= 4 is 10.0 Å². The van der Waals surface area contributed by atoms with E-state index in [1.54, 1.807) is 25.3 Å². The fourth-order valence-electron chi connectivity index (χ4n) is 2.91. The molecule has 24 heavy (non-hydrogen) atoms. The van der Waals surface area contributed by atoms with Gasteiger partial charge in [0.1, 0.15) is 5.82 Å². The second-order valence-electron chi connectivity index (χ2n) is 5.97. The van der Waals surface area contributed by atoms with Gasteiger partial charge in [-0.2, -0.15) is 5.10 Å². The summed E-state index contributed by atoms with van der Waals surface area (Å²) in [5.41, 5.74) is 2.07. The molecular weight excluding hydrogens is 331 g/mol. The van der Waals surface area contributed by atoms with Gasteiger partial charge in [0.25, 0.3) is 0 Å². The topological polar surface area (TPSA) is 67.2 Å². The fourth-order valence-corrected chi connectivity index (χ4v) is 3.56. The van der Waals surface area contributed by atoms with Gasteiger partial charge in [0, 0.05) is 32.4 Å². The molecule has 3 rings (SSSR count). The van der Waals surface area contributed by atoms with Gasteiger partial charge in [0.05, 0.1) is 17.5 Å². The van der Waals surface area contributed by atoms with Crippen molar-refractivity contribution in [3.8, 4) is 0 Å². The summed E-state index contributed by atoms with van der Waals surface area (Å²) in [7, 11) is -3.24. The van der Waals surface area contributed by atoms with Gasteiger partial charge in [-0.3, -0.25) is 9.58 Å². The molecule has 2 heterocycles. The average molecular weight is 352 g/mol. The van der Waals surface area contributed by atoms with E-state index in [0.29, 0.717) is 19.6 Å². The maximum absolute atomic E-state index is 13.0. The van der Waals surface area contributed by atoms with Crippen LogP contribution in [0.25, 0.3) is 0 Å². The van der Waals surface area contributed by atoms with E-state index in [-0.39, 0.29) is 17.6 Å². The first-order valence-electron chi connectivity index (χ1n) is 7.93. The molecule has 0 saturated heterocycles. The Morgan fingerprint density at radius 1 is 1.29 bits per heavy atom. The number of hydrogen-bond acceptors (Lipinski definition) is 4. The zero-order valence-electron chi connectivity index (χ0n) is 13.5. The second-order valence-corrected chi connectivity index (χ2v) is 8.06. The molecule has 0 unspecified atom stereocenters. The minimum atomic E-state index is -3.24. The minimum absolute atomic E-state index is 0.0605. The number of aromatic nitrogens is 2. The molecule has 1 aromatic carbocycles. The second kappa shape index (κ2) is 7.00. The molecule has 1 aliphatic rings. The molecule has 0 saturated carbocycles. The van der Waals surface area contributed by atoms with Crippen LogP contribution in [-0.4, -0.2) is 41.9 Å². The van der Waals surface area contributed by atoms with Crippen molar-refractivity contribution in [1.82, 2.24) is 19.4 Å². The lowest BCUT2D eigenvalue weighted by molar-refractivity contribution is 0.168. The zero-order chi connectivity index (χ0) is 17.2. The van der Waals surface area contributed by atoms with Crippen molar-refractivity contribution in [3.63, 3.8) is 0 Å². The third kappa shape index (κ3) is 4.00. The summed E-state index contributed by atoms with van der Waals surface area (Å²) in [5, 5.41) is 4.32. The monoisotopic (exact) mass is 352 g/mol. The summed E-state index contributed by atoms with van der Waals surface area (Å²) in [6.07, 6.45) is 1.73. The van der Waals surface area contributed by atoms with E-state index in [1.807, 2.05) is 10.7 Å². The number of benzene rings is 1. The van der Waals surface area contributed by atoms with Crippen LogP contribution in [0.2, 0.25) is 0 Å². The van der Waals surface area contributed by atoms with Gasteiger partial charge >= 0.3 is 0 Å². The molecule has 2 aromatic rings. The van der Waals surface area contributed by atoms with E-state index in [0.717, 1.165) is 17.8 Å². The van der Waals surface area contributed by atoms with Crippen molar-refractivity contribution in [1.29, 1.82) is 0 Å². The molecule has 130 valence electrons. The van der Waals surface area contributed by atoms with Gasteiger partial charge < -0.3 is 0 Å². The van der Waals surface area contributed by atoms with Crippen LogP contribution in [0.4, 0.5) is 4.39 Å². The van der Waals surface area contributed by atoms with E-state index >= 15 is 0 Å². The van der Waals surface area contributed by atoms with E-state index in [1.165, 1.54) is 12.1 Å². The lowest BCUT2D eigenvalue weighted by Crippen LogP contribution is -2.42. The number of fused-ring (bicyclic) bond motifs is 1. The number of nitrogens with zero attached hydrogens (tertiary/aromatic N) is 3. The Morgan fingerprint density at radius 3 is 2.75 bits per heavy atom. The van der Waals surface area contributed by atoms with Crippen LogP contribution < -0.4 is 4.72 Å². The molecular formula is C16H21FN4O2S. The zero-order valence-corrected chi connectivity index (χ0v) is 14.3. The predicted molar refractivity (Wildman–Crippen MR) is 89.2 cm³/mol. The van der Waals surface area contributed by atoms with E-state index in [4.69, 9.17) is 0 Å². The molecule has 8 heteroatoms. The predicted octanol–water partition coefficient (Wildman–Crippen LogP) is 1.52. The number of hydrogen-bond donors (Lipinski definition) is 1. The highest BCUT2D eigenvalue weighted by Crippen LogP contribution is 2.22. The van der Waals surface area contributed by atoms with Crippen molar-refractivity contribution in [2.75, 3.05) is 18.8 Å². The van der Waals surface area contributed by atoms with Crippen LogP contribution in [-0.2, 0) is 23.1 Å². The molecule has 0 bridgehead atoms. The summed E-state index contributed by atoms with van der Waals surface area (Å²) in [6.45, 7) is 4.02. The van der Waals surface area contributed by atoms with Gasteiger partial charge in [-0.15, -0.1) is 0 Å². The molecule has 0 fully saturated rings. The minimum Gasteiger partial charge on any atom is -0.291 e. The highest BCUT2D eigenvalue weighted by molar-refractivity contribution is 7.89. The van der Waals surface area contributed by atoms with Crippen molar-refractivity contribution in [2.24, 2.45) is 0 Å². The smallest absolute Gasteiger partial charge is 0.211 e. The van der Waals surface area contributed by atoms with Crippen molar-refractivity contribution in [3.05, 3.63) is 53.6 Å². The van der Waals surface area contributed by atoms with Crippen LogP contribution >= 0.6 is 0 Å². The average Bonchev–Trinajstić information content (AvgIpc) is 3.03. The Bertz CT molecular complexity index is 789. The molecule has 1 atom stereocenters. The molecule has 1 N–H and O–H groups in total. The van der Waals surface area contributed by atoms with Crippen LogP contribution in [0.5, 0.6) is 0 Å². The normalized spacial score (nSPS) is 18.5. The van der Waals surface area contributed by atoms with Gasteiger partial charge in [0.15, 0.2) is 0 Å². The van der Waals surface area contributed by atoms with E-state index in [2.05, 4.69) is 14.7 Å². The first-order valence-corrected chi connectivity index (χ1v) is 9.58. The highest BCUT2D eigenvalue weighted by atomic mass is 32.2. The van der Waals surface area contributed by atoms with Crippen LogP contribution in [0.3, 0.4) is 0 Å². The Balaban J connectivity index is 1.72. The largest absolute Gasteiger partial charge is 0.291 e. The molecule has 1 aliphatic heterocycles. The highest BCUT2D eigenvalue weighted by Gasteiger charge is 2.26. The van der Waals surface area contributed by atoms with Crippen molar-refractivity contribution < 1.29 is 12.8 Å². The summed E-state index contributed by atoms with van der Waals surface area (Å²) in [6, 6.07) is 8.34. The maximum Gasteiger partial charge on any atom is 0.211 e. The summed E-state index contributed by atoms with van der Waals surface area (Å²) in [5.74, 6) is -0.187. The third-order valence-corrected chi connectivity index (χ3v) is 5.56. The Hall–Kier alpha value is -1.77. The fraction of sp³-hybridized carbons (Fsp3) is 0.438. The summed E-state index contributed by atoms with van der Waals surface area (Å²) >= 11 is 0. The number of nitrogens with one attached hydrogen (secondary N) is 1.